The Kier molecular flexibility index (Phi) is 16.1. The fraction of sp³-hybridized carbons (Fsp3) is 0.676. The first-order chi connectivity index (χ1) is 19.5. The second kappa shape index (κ2) is 18.4. The molecule has 1 amide bonds. The minimum atomic E-state index is -2.14. The molecule has 7 heteroatoms. The van der Waals surface area contributed by atoms with Crippen LogP contribution in [0, 0.1) is 0 Å². The number of hydrogen-bond donors (Lipinski definition) is 2. The summed E-state index contributed by atoms with van der Waals surface area (Å²) in [6.45, 7) is 10.3. The fourth-order valence-electron chi connectivity index (χ4n) is 5.43. The summed E-state index contributed by atoms with van der Waals surface area (Å²) in [7, 11) is -2.14. The monoisotopic (exact) mass is 623 g/mol. The maximum absolute atomic E-state index is 13.2. The average Bonchev–Trinajstić information content (AvgIpc) is 2.94. The molecule has 0 bridgehead atoms. The summed E-state index contributed by atoms with van der Waals surface area (Å²) in [5.74, 6) is 0.384. The molecule has 2 rings (SSSR count). The van der Waals surface area contributed by atoms with Crippen molar-refractivity contribution in [1.29, 1.82) is 0 Å². The average molecular weight is 625 g/mol. The number of aliphatic hydroxyl groups is 1. The van der Waals surface area contributed by atoms with Gasteiger partial charge in [-0.2, -0.15) is 0 Å². The fourth-order valence-corrected chi connectivity index (χ4v) is 8.40. The van der Waals surface area contributed by atoms with E-state index in [-0.39, 0.29) is 5.91 Å². The van der Waals surface area contributed by atoms with Gasteiger partial charge >= 0.3 is 0 Å². The molecule has 1 aromatic rings. The van der Waals surface area contributed by atoms with Crippen LogP contribution in [-0.2, 0) is 11.2 Å². The maximum Gasteiger partial charge on any atom is 0.265 e. The van der Waals surface area contributed by atoms with Crippen molar-refractivity contribution in [2.75, 3.05) is 0 Å². The van der Waals surface area contributed by atoms with Crippen LogP contribution in [0.2, 0.25) is 19.6 Å². The van der Waals surface area contributed by atoms with Crippen LogP contribution in [-0.4, -0.2) is 35.8 Å². The third-order valence-corrected chi connectivity index (χ3v) is 13.7. The molecule has 0 aromatic heterocycles. The van der Waals surface area contributed by atoms with Gasteiger partial charge in [0.1, 0.15) is 16.4 Å². The number of alkyl halides is 1. The highest BCUT2D eigenvalue weighted by Crippen LogP contribution is 2.44. The molecule has 0 fully saturated rings. The predicted octanol–water partition coefficient (Wildman–Crippen LogP) is 9.83. The van der Waals surface area contributed by atoms with Gasteiger partial charge < -0.3 is 15.2 Å². The van der Waals surface area contributed by atoms with Gasteiger partial charge in [0, 0.05) is 10.7 Å². The molecule has 0 aliphatic heterocycles. The number of hydrogen-bond acceptors (Lipinski definition) is 3. The van der Waals surface area contributed by atoms with Crippen molar-refractivity contribution in [1.82, 2.24) is 5.32 Å². The topological polar surface area (TPSA) is 58.6 Å². The van der Waals surface area contributed by atoms with Gasteiger partial charge in [-0.25, -0.2) is 0 Å². The number of unbranched alkanes of at least 4 members (excludes halogenated alkanes) is 12. The summed E-state index contributed by atoms with van der Waals surface area (Å²) in [6, 6.07) is 8.07. The van der Waals surface area contributed by atoms with Crippen LogP contribution in [0.15, 0.2) is 47.1 Å². The summed E-state index contributed by atoms with van der Waals surface area (Å²) < 4.78 is 5.01. The van der Waals surface area contributed by atoms with Gasteiger partial charge in [-0.15, -0.1) is 11.6 Å². The Balaban J connectivity index is 1.75. The lowest BCUT2D eigenvalue weighted by Gasteiger charge is -2.44. The van der Waals surface area contributed by atoms with Gasteiger partial charge in [0.05, 0.1) is 8.07 Å². The van der Waals surface area contributed by atoms with E-state index in [0.717, 1.165) is 12.8 Å². The number of rotatable bonds is 20. The number of amides is 1. The standard InChI is InChI=1S/C34H55Cl2NO3Si/c1-6-8-9-10-11-12-13-14-15-16-17-18-19-21-27-22-20-23-28(26-27)40-30(7-2)33(39)37-29-24-25-31(35)34(36,32(29)38)41(3,4)5/h20,22-26,30,32,38H,6-19,21H2,1-5H3,(H,37,39). The summed E-state index contributed by atoms with van der Waals surface area (Å²) in [6.07, 6.45) is 20.6. The Hall–Kier alpha value is -1.27. The molecule has 0 saturated heterocycles. The van der Waals surface area contributed by atoms with Crippen molar-refractivity contribution in [3.63, 3.8) is 0 Å². The summed E-state index contributed by atoms with van der Waals surface area (Å²) in [5, 5.41) is 14.4. The smallest absolute Gasteiger partial charge is 0.265 e. The molecule has 0 radical (unpaired) electrons. The van der Waals surface area contributed by atoms with E-state index < -0.39 is 24.8 Å². The van der Waals surface area contributed by atoms with E-state index in [0.29, 0.717) is 22.9 Å². The zero-order valence-corrected chi connectivity index (χ0v) is 28.8. The molecule has 232 valence electrons. The van der Waals surface area contributed by atoms with Crippen LogP contribution in [0.25, 0.3) is 0 Å². The number of aliphatic hydroxyl groups excluding tert-OH is 1. The molecule has 2 N–H and O–H groups in total. The van der Waals surface area contributed by atoms with Gasteiger partial charge in [0.2, 0.25) is 0 Å². The van der Waals surface area contributed by atoms with E-state index in [1.165, 1.54) is 82.6 Å². The number of benzene rings is 1. The van der Waals surface area contributed by atoms with Crippen LogP contribution in [0.3, 0.4) is 0 Å². The lowest BCUT2D eigenvalue weighted by Crippen LogP contribution is -2.59. The van der Waals surface area contributed by atoms with E-state index in [9.17, 15) is 9.90 Å². The molecular weight excluding hydrogens is 569 g/mol. The first-order valence-electron chi connectivity index (χ1n) is 16.1. The minimum absolute atomic E-state index is 0.305. The Morgan fingerprint density at radius 1 is 0.951 bits per heavy atom. The highest BCUT2D eigenvalue weighted by Gasteiger charge is 2.52. The first kappa shape index (κ1) is 35.9. The van der Waals surface area contributed by atoms with Crippen LogP contribution in [0.4, 0.5) is 0 Å². The molecule has 3 atom stereocenters. The van der Waals surface area contributed by atoms with Crippen molar-refractivity contribution >= 4 is 37.2 Å². The highest BCUT2D eigenvalue weighted by atomic mass is 35.5. The van der Waals surface area contributed by atoms with Crippen LogP contribution < -0.4 is 10.1 Å². The molecule has 0 saturated carbocycles. The van der Waals surface area contributed by atoms with Gasteiger partial charge in [0.15, 0.2) is 6.10 Å². The molecule has 0 heterocycles. The van der Waals surface area contributed by atoms with Crippen molar-refractivity contribution in [2.24, 2.45) is 0 Å². The van der Waals surface area contributed by atoms with Crippen molar-refractivity contribution in [3.05, 3.63) is 52.7 Å². The largest absolute Gasteiger partial charge is 0.481 e. The molecule has 4 nitrogen and oxygen atoms in total. The van der Waals surface area contributed by atoms with E-state index in [1.807, 2.05) is 44.8 Å². The number of nitrogens with one attached hydrogen (secondary N) is 1. The first-order valence-corrected chi connectivity index (χ1v) is 20.3. The maximum atomic E-state index is 13.2. The quantitative estimate of drug-likeness (QED) is 0.0863. The second-order valence-electron chi connectivity index (χ2n) is 12.6. The van der Waals surface area contributed by atoms with Gasteiger partial charge in [-0.3, -0.25) is 4.79 Å². The minimum Gasteiger partial charge on any atom is -0.481 e. The van der Waals surface area contributed by atoms with E-state index in [1.54, 1.807) is 12.2 Å². The molecular formula is C34H55Cl2NO3Si. The van der Waals surface area contributed by atoms with Gasteiger partial charge in [-0.05, 0) is 49.1 Å². The van der Waals surface area contributed by atoms with Crippen molar-refractivity contribution in [3.8, 4) is 5.75 Å². The molecule has 1 aliphatic carbocycles. The predicted molar refractivity (Wildman–Crippen MR) is 179 cm³/mol. The van der Waals surface area contributed by atoms with E-state index >= 15 is 0 Å². The molecule has 3 unspecified atom stereocenters. The Morgan fingerprint density at radius 3 is 2.05 bits per heavy atom. The number of halogens is 2. The molecule has 0 spiro atoms. The molecule has 1 aliphatic rings. The normalized spacial score (nSPS) is 19.9. The van der Waals surface area contributed by atoms with Gasteiger partial charge in [0.25, 0.3) is 5.91 Å². The summed E-state index contributed by atoms with van der Waals surface area (Å²) >= 11 is 13.3. The Morgan fingerprint density at radius 2 is 1.51 bits per heavy atom. The number of ether oxygens (including phenoxy) is 1. The van der Waals surface area contributed by atoms with Crippen molar-refractivity contribution < 1.29 is 14.6 Å². The van der Waals surface area contributed by atoms with Gasteiger partial charge in [-0.1, -0.05) is 134 Å². The number of aryl methyl sites for hydroxylation is 1. The second-order valence-corrected chi connectivity index (χ2v) is 19.3. The highest BCUT2D eigenvalue weighted by molar-refractivity contribution is 6.88. The molecule has 1 aromatic carbocycles. The zero-order valence-electron chi connectivity index (χ0n) is 26.2. The van der Waals surface area contributed by atoms with E-state index in [4.69, 9.17) is 27.9 Å². The summed E-state index contributed by atoms with van der Waals surface area (Å²) in [5.41, 5.74) is 1.59. The number of allylic oxidation sites excluding steroid dienone is 2. The van der Waals surface area contributed by atoms with Crippen LogP contribution in [0.5, 0.6) is 5.75 Å². The summed E-state index contributed by atoms with van der Waals surface area (Å²) in [4.78, 5) is 13.2. The molecule has 41 heavy (non-hydrogen) atoms. The zero-order chi connectivity index (χ0) is 30.3. The lowest BCUT2D eigenvalue weighted by atomic mass is 10.0. The van der Waals surface area contributed by atoms with Crippen LogP contribution >= 0.6 is 23.2 Å². The number of carbonyl (C=O) groups excluding carboxylic acids is 1. The van der Waals surface area contributed by atoms with Crippen molar-refractivity contribution in [2.45, 2.75) is 147 Å². The van der Waals surface area contributed by atoms with E-state index in [2.05, 4.69) is 18.3 Å². The lowest BCUT2D eigenvalue weighted by molar-refractivity contribution is -0.127. The SMILES string of the molecule is CCCCCCCCCCCCCCCc1cccc(OC(CC)C(=O)NC2=CC=C(Cl)C(Cl)([Si](C)(C)C)C2O)c1. The third kappa shape index (κ3) is 11.4. The number of carbonyl (C=O) groups is 1. The van der Waals surface area contributed by atoms with Crippen LogP contribution in [0.1, 0.15) is 109 Å². The Labute approximate surface area is 261 Å². The third-order valence-electron chi connectivity index (χ3n) is 8.20. The Bertz CT molecular complexity index is 990.